The topological polar surface area (TPSA) is 63.7 Å². The van der Waals surface area contributed by atoms with Crippen molar-refractivity contribution in [1.29, 1.82) is 0 Å². The first-order chi connectivity index (χ1) is 15.2. The number of Topliss-reactive ketones (excluding diaryl/α,β-unsaturated/α-hetero) is 1. The van der Waals surface area contributed by atoms with Gasteiger partial charge in [0, 0.05) is 30.8 Å². The summed E-state index contributed by atoms with van der Waals surface area (Å²) in [5, 5.41) is -0.284. The van der Waals surface area contributed by atoms with Gasteiger partial charge < -0.3 is 9.64 Å². The summed E-state index contributed by atoms with van der Waals surface area (Å²) in [5.74, 6) is 1.87. The molecule has 0 radical (unpaired) electrons. The van der Waals surface area contributed by atoms with Crippen LogP contribution in [0.25, 0.3) is 5.57 Å². The van der Waals surface area contributed by atoms with Gasteiger partial charge in [0.1, 0.15) is 5.76 Å². The van der Waals surface area contributed by atoms with Crippen molar-refractivity contribution in [3.05, 3.63) is 51.8 Å². The highest BCUT2D eigenvalue weighted by Crippen LogP contribution is 2.40. The third-order valence-corrected chi connectivity index (χ3v) is 7.13. The van der Waals surface area contributed by atoms with Crippen molar-refractivity contribution in [3.63, 3.8) is 0 Å². The number of rotatable bonds is 5. The summed E-state index contributed by atoms with van der Waals surface area (Å²) in [5.41, 5.74) is 5.15. The molecule has 1 amide bonds. The van der Waals surface area contributed by atoms with E-state index in [0.717, 1.165) is 46.2 Å². The van der Waals surface area contributed by atoms with Gasteiger partial charge in [0.2, 0.25) is 0 Å². The zero-order valence-electron chi connectivity index (χ0n) is 19.4. The standard InChI is InChI=1S/C25H31NO4S2/c1-6-31-24(28)26-9-8-18(14-26)12-19-13-20(30-25(29)32-7-2)22(23(19)27)21-16(4)10-15(3)11-17(21)5/h10-12,18H,6-9,13-14H2,1-5H3/b19-12+. The van der Waals surface area contributed by atoms with Gasteiger partial charge in [-0.3, -0.25) is 9.59 Å². The molecule has 1 unspecified atom stereocenters. The number of thioether (sulfide) groups is 2. The van der Waals surface area contributed by atoms with Gasteiger partial charge in [-0.1, -0.05) is 49.4 Å². The molecule has 0 aromatic heterocycles. The summed E-state index contributed by atoms with van der Waals surface area (Å²) < 4.78 is 5.69. The van der Waals surface area contributed by atoms with Gasteiger partial charge in [0.25, 0.3) is 5.24 Å². The fourth-order valence-electron chi connectivity index (χ4n) is 4.51. The number of ketones is 1. The Labute approximate surface area is 199 Å². The minimum absolute atomic E-state index is 0.0722. The molecule has 0 bridgehead atoms. The number of carbonyl (C=O) groups is 3. The van der Waals surface area contributed by atoms with Crippen LogP contribution in [-0.2, 0) is 9.53 Å². The lowest BCUT2D eigenvalue weighted by molar-refractivity contribution is -0.110. The van der Waals surface area contributed by atoms with Crippen molar-refractivity contribution in [2.75, 3.05) is 24.6 Å². The number of aryl methyl sites for hydroxylation is 3. The van der Waals surface area contributed by atoms with Gasteiger partial charge in [-0.15, -0.1) is 0 Å². The van der Waals surface area contributed by atoms with Gasteiger partial charge in [0.15, 0.2) is 5.78 Å². The highest BCUT2D eigenvalue weighted by molar-refractivity contribution is 8.13. The number of allylic oxidation sites excluding steroid dienone is 2. The molecular weight excluding hydrogens is 442 g/mol. The van der Waals surface area contributed by atoms with Crippen LogP contribution in [-0.4, -0.2) is 45.8 Å². The van der Waals surface area contributed by atoms with Crippen LogP contribution in [0.1, 0.15) is 48.9 Å². The molecule has 172 valence electrons. The van der Waals surface area contributed by atoms with E-state index in [0.29, 0.717) is 42.2 Å². The molecular formula is C25H31NO4S2. The van der Waals surface area contributed by atoms with Crippen molar-refractivity contribution in [2.45, 2.75) is 47.5 Å². The predicted octanol–water partition coefficient (Wildman–Crippen LogP) is 6.31. The molecule has 1 saturated heterocycles. The Kier molecular flexibility index (Phi) is 8.28. The summed E-state index contributed by atoms with van der Waals surface area (Å²) in [4.78, 5) is 39.9. The average molecular weight is 474 g/mol. The molecule has 3 rings (SSSR count). The lowest BCUT2D eigenvalue weighted by atomic mass is 9.91. The highest BCUT2D eigenvalue weighted by atomic mass is 32.2. The molecule has 2 aliphatic rings. The first-order valence-electron chi connectivity index (χ1n) is 11.1. The summed E-state index contributed by atoms with van der Waals surface area (Å²) in [6.07, 6.45) is 3.15. The highest BCUT2D eigenvalue weighted by Gasteiger charge is 2.35. The second-order valence-electron chi connectivity index (χ2n) is 8.25. The fourth-order valence-corrected chi connectivity index (χ4v) is 5.50. The minimum atomic E-state index is -0.384. The summed E-state index contributed by atoms with van der Waals surface area (Å²) in [6, 6.07) is 4.10. The third-order valence-electron chi connectivity index (χ3n) is 5.73. The van der Waals surface area contributed by atoms with E-state index >= 15 is 0 Å². The van der Waals surface area contributed by atoms with E-state index in [1.807, 2.05) is 45.6 Å². The first kappa shape index (κ1) is 24.6. The number of ether oxygens (including phenoxy) is 1. The SMILES string of the molecule is CCSC(=O)OC1=C(c2c(C)cc(C)cc2C)C(=O)/C(=C/C2CCN(C(=O)SCC)C2)C1. The van der Waals surface area contributed by atoms with E-state index in [1.54, 1.807) is 0 Å². The van der Waals surface area contributed by atoms with Crippen molar-refractivity contribution < 1.29 is 19.1 Å². The second kappa shape index (κ2) is 10.8. The van der Waals surface area contributed by atoms with Crippen LogP contribution in [0.15, 0.2) is 29.5 Å². The Morgan fingerprint density at radius 2 is 1.78 bits per heavy atom. The molecule has 0 N–H and O–H groups in total. The summed E-state index contributed by atoms with van der Waals surface area (Å²) >= 11 is 2.42. The number of nitrogens with zero attached hydrogens (tertiary/aromatic N) is 1. The number of likely N-dealkylation sites (tertiary alicyclic amines) is 1. The lowest BCUT2D eigenvalue weighted by Gasteiger charge is -2.14. The molecule has 5 nitrogen and oxygen atoms in total. The molecule has 1 aliphatic carbocycles. The normalized spacial score (nSPS) is 19.9. The quantitative estimate of drug-likeness (QED) is 0.369. The first-order valence-corrected chi connectivity index (χ1v) is 13.0. The molecule has 1 atom stereocenters. The van der Waals surface area contributed by atoms with E-state index in [4.69, 9.17) is 4.74 Å². The lowest BCUT2D eigenvalue weighted by Crippen LogP contribution is -2.24. The number of hydrogen-bond donors (Lipinski definition) is 0. The Morgan fingerprint density at radius 1 is 1.12 bits per heavy atom. The Morgan fingerprint density at radius 3 is 2.41 bits per heavy atom. The van der Waals surface area contributed by atoms with E-state index in [2.05, 4.69) is 12.1 Å². The molecule has 1 aromatic carbocycles. The average Bonchev–Trinajstić information content (AvgIpc) is 3.28. The Bertz CT molecular complexity index is 973. The van der Waals surface area contributed by atoms with Crippen molar-refractivity contribution in [2.24, 2.45) is 5.92 Å². The Balaban J connectivity index is 1.91. The van der Waals surface area contributed by atoms with Crippen molar-refractivity contribution in [3.8, 4) is 0 Å². The van der Waals surface area contributed by atoms with Crippen LogP contribution in [0.2, 0.25) is 0 Å². The fraction of sp³-hybridized carbons (Fsp3) is 0.480. The zero-order chi connectivity index (χ0) is 23.4. The van der Waals surface area contributed by atoms with Gasteiger partial charge in [-0.05, 0) is 67.3 Å². The van der Waals surface area contributed by atoms with Crippen LogP contribution < -0.4 is 0 Å². The monoisotopic (exact) mass is 473 g/mol. The van der Waals surface area contributed by atoms with Crippen LogP contribution in [0.3, 0.4) is 0 Å². The summed E-state index contributed by atoms with van der Waals surface area (Å²) in [6.45, 7) is 11.2. The van der Waals surface area contributed by atoms with Gasteiger partial charge in [-0.2, -0.15) is 0 Å². The summed E-state index contributed by atoms with van der Waals surface area (Å²) in [7, 11) is 0. The predicted molar refractivity (Wildman–Crippen MR) is 133 cm³/mol. The molecule has 1 fully saturated rings. The smallest absolute Gasteiger partial charge is 0.372 e. The number of hydrogen-bond acceptors (Lipinski definition) is 6. The van der Waals surface area contributed by atoms with Crippen LogP contribution in [0, 0.1) is 26.7 Å². The van der Waals surface area contributed by atoms with Gasteiger partial charge in [-0.25, -0.2) is 4.79 Å². The molecule has 32 heavy (non-hydrogen) atoms. The number of amides is 1. The molecule has 0 saturated carbocycles. The largest absolute Gasteiger partial charge is 0.422 e. The van der Waals surface area contributed by atoms with Crippen LogP contribution in [0.5, 0.6) is 0 Å². The maximum atomic E-state index is 13.5. The number of carbonyl (C=O) groups excluding carboxylic acids is 3. The van der Waals surface area contributed by atoms with Crippen molar-refractivity contribution in [1.82, 2.24) is 4.90 Å². The van der Waals surface area contributed by atoms with E-state index in [9.17, 15) is 14.4 Å². The van der Waals surface area contributed by atoms with Gasteiger partial charge in [0.05, 0.1) is 5.57 Å². The van der Waals surface area contributed by atoms with Crippen LogP contribution >= 0.6 is 23.5 Å². The molecule has 7 heteroatoms. The molecule has 1 heterocycles. The minimum Gasteiger partial charge on any atom is -0.422 e. The van der Waals surface area contributed by atoms with E-state index in [1.165, 1.54) is 11.8 Å². The number of benzene rings is 1. The molecule has 1 aliphatic heterocycles. The molecule has 0 spiro atoms. The van der Waals surface area contributed by atoms with Crippen LogP contribution in [0.4, 0.5) is 9.59 Å². The van der Waals surface area contributed by atoms with E-state index in [-0.39, 0.29) is 22.2 Å². The third kappa shape index (κ3) is 5.49. The van der Waals surface area contributed by atoms with Crippen molar-refractivity contribution >= 4 is 45.4 Å². The second-order valence-corrected chi connectivity index (χ2v) is 10.7. The molecule has 1 aromatic rings. The van der Waals surface area contributed by atoms with Gasteiger partial charge >= 0.3 is 5.30 Å². The maximum absolute atomic E-state index is 13.5. The Hall–Kier alpha value is -1.99. The maximum Gasteiger partial charge on any atom is 0.372 e. The van der Waals surface area contributed by atoms with E-state index < -0.39 is 0 Å². The zero-order valence-corrected chi connectivity index (χ0v) is 21.1.